The van der Waals surface area contributed by atoms with Crippen molar-refractivity contribution in [1.82, 2.24) is 9.88 Å². The smallest absolute Gasteiger partial charge is 0.295 e. The Morgan fingerprint density at radius 1 is 1.10 bits per heavy atom. The summed E-state index contributed by atoms with van der Waals surface area (Å²) in [5.41, 5.74) is 3.07. The number of rotatable bonds is 5. The number of aromatic nitrogens is 1. The van der Waals surface area contributed by atoms with Crippen LogP contribution in [0.15, 0.2) is 78.6 Å². The maximum Gasteiger partial charge on any atom is 0.295 e. The molecular formula is C25H22N2O4. The maximum atomic E-state index is 13.1. The van der Waals surface area contributed by atoms with Crippen LogP contribution in [0, 0.1) is 6.92 Å². The van der Waals surface area contributed by atoms with Crippen molar-refractivity contribution in [2.24, 2.45) is 0 Å². The standard InChI is InChI=1S/C25H22N2O4/c1-16-8-10-18(11-9-16)22-21(23(28)19-6-3-7-20(13-19)31-2)24(29)25(30)27(22)15-17-5-4-12-26-14-17/h3-14,22,28H,15H2,1-2H3. The largest absolute Gasteiger partial charge is 0.507 e. The molecule has 3 aromatic rings. The third-order valence-electron chi connectivity index (χ3n) is 5.35. The van der Waals surface area contributed by atoms with E-state index in [2.05, 4.69) is 4.98 Å². The molecule has 1 amide bonds. The summed E-state index contributed by atoms with van der Waals surface area (Å²) < 4.78 is 5.24. The van der Waals surface area contributed by atoms with Crippen LogP contribution in [0.4, 0.5) is 0 Å². The molecule has 1 atom stereocenters. The zero-order valence-corrected chi connectivity index (χ0v) is 17.3. The third-order valence-corrected chi connectivity index (χ3v) is 5.35. The second-order valence-corrected chi connectivity index (χ2v) is 7.43. The minimum atomic E-state index is -0.716. The maximum absolute atomic E-state index is 13.1. The number of nitrogens with zero attached hydrogens (tertiary/aromatic N) is 2. The summed E-state index contributed by atoms with van der Waals surface area (Å²) in [5.74, 6) is -1.05. The Morgan fingerprint density at radius 2 is 1.87 bits per heavy atom. The number of aliphatic hydroxyl groups excluding tert-OH is 1. The highest BCUT2D eigenvalue weighted by atomic mass is 16.5. The van der Waals surface area contributed by atoms with Crippen LogP contribution >= 0.6 is 0 Å². The van der Waals surface area contributed by atoms with Gasteiger partial charge in [0.05, 0.1) is 18.7 Å². The van der Waals surface area contributed by atoms with Gasteiger partial charge >= 0.3 is 0 Å². The molecule has 0 bridgehead atoms. The van der Waals surface area contributed by atoms with E-state index < -0.39 is 17.7 Å². The van der Waals surface area contributed by atoms with E-state index in [1.807, 2.05) is 37.3 Å². The molecule has 1 fully saturated rings. The summed E-state index contributed by atoms with van der Waals surface area (Å²) in [4.78, 5) is 31.7. The number of hydrogen-bond donors (Lipinski definition) is 1. The second kappa shape index (κ2) is 8.44. The van der Waals surface area contributed by atoms with Gasteiger partial charge in [0, 0.05) is 24.5 Å². The number of ether oxygens (including phenoxy) is 1. The highest BCUT2D eigenvalue weighted by molar-refractivity contribution is 6.46. The molecule has 0 saturated carbocycles. The van der Waals surface area contributed by atoms with Crippen molar-refractivity contribution in [3.05, 3.63) is 101 Å². The monoisotopic (exact) mass is 414 g/mol. The lowest BCUT2D eigenvalue weighted by atomic mass is 9.94. The highest BCUT2D eigenvalue weighted by Gasteiger charge is 2.46. The predicted molar refractivity (Wildman–Crippen MR) is 116 cm³/mol. The van der Waals surface area contributed by atoms with Crippen molar-refractivity contribution in [3.8, 4) is 5.75 Å². The molecule has 1 aromatic heterocycles. The molecule has 156 valence electrons. The first-order chi connectivity index (χ1) is 15.0. The number of amides is 1. The van der Waals surface area contributed by atoms with Crippen molar-refractivity contribution in [2.45, 2.75) is 19.5 Å². The van der Waals surface area contributed by atoms with Crippen LogP contribution in [-0.4, -0.2) is 33.8 Å². The molecule has 0 radical (unpaired) electrons. The van der Waals surface area contributed by atoms with Crippen LogP contribution in [0.1, 0.15) is 28.3 Å². The van der Waals surface area contributed by atoms with E-state index in [9.17, 15) is 14.7 Å². The van der Waals surface area contributed by atoms with Crippen molar-refractivity contribution in [1.29, 1.82) is 0 Å². The van der Waals surface area contributed by atoms with Gasteiger partial charge in [0.15, 0.2) is 0 Å². The van der Waals surface area contributed by atoms with E-state index in [1.165, 1.54) is 12.0 Å². The number of hydrogen-bond acceptors (Lipinski definition) is 5. The first-order valence-corrected chi connectivity index (χ1v) is 9.88. The van der Waals surface area contributed by atoms with E-state index in [1.54, 1.807) is 42.7 Å². The number of carbonyl (C=O) groups is 2. The van der Waals surface area contributed by atoms with E-state index in [-0.39, 0.29) is 17.9 Å². The predicted octanol–water partition coefficient (Wildman–Crippen LogP) is 4.02. The Balaban J connectivity index is 1.86. The summed E-state index contributed by atoms with van der Waals surface area (Å²) in [6.45, 7) is 2.17. The normalized spacial score (nSPS) is 17.7. The molecule has 1 aliphatic rings. The Labute approximate surface area is 180 Å². The molecule has 1 saturated heterocycles. The fourth-order valence-electron chi connectivity index (χ4n) is 3.75. The van der Waals surface area contributed by atoms with Crippen LogP contribution in [0.3, 0.4) is 0 Å². The van der Waals surface area contributed by atoms with Crippen molar-refractivity contribution in [2.75, 3.05) is 7.11 Å². The summed E-state index contributed by atoms with van der Waals surface area (Å²) in [6.07, 6.45) is 3.31. The van der Waals surface area contributed by atoms with E-state index >= 15 is 0 Å². The van der Waals surface area contributed by atoms with Gasteiger partial charge in [0.25, 0.3) is 11.7 Å². The molecule has 1 N–H and O–H groups in total. The minimum Gasteiger partial charge on any atom is -0.507 e. The zero-order valence-electron chi connectivity index (χ0n) is 17.3. The van der Waals surface area contributed by atoms with Crippen molar-refractivity contribution >= 4 is 17.4 Å². The number of Topliss-reactive ketones (excluding diaryl/α,β-unsaturated/α-hetero) is 1. The third kappa shape index (κ3) is 3.92. The SMILES string of the molecule is COc1cccc(C(O)=C2C(=O)C(=O)N(Cc3cccnc3)C2c2ccc(C)cc2)c1. The Bertz CT molecular complexity index is 1150. The lowest BCUT2D eigenvalue weighted by molar-refractivity contribution is -0.140. The Kier molecular flexibility index (Phi) is 5.54. The van der Waals surface area contributed by atoms with Gasteiger partial charge < -0.3 is 14.7 Å². The van der Waals surface area contributed by atoms with Crippen LogP contribution in [-0.2, 0) is 16.1 Å². The summed E-state index contributed by atoms with van der Waals surface area (Å²) >= 11 is 0. The first kappa shape index (κ1) is 20.3. The van der Waals surface area contributed by atoms with Crippen molar-refractivity contribution in [3.63, 3.8) is 0 Å². The summed E-state index contributed by atoms with van der Waals surface area (Å²) in [7, 11) is 1.53. The van der Waals surface area contributed by atoms with Crippen molar-refractivity contribution < 1.29 is 19.4 Å². The average molecular weight is 414 g/mol. The molecule has 4 rings (SSSR count). The first-order valence-electron chi connectivity index (χ1n) is 9.88. The Morgan fingerprint density at radius 3 is 2.55 bits per heavy atom. The van der Waals surface area contributed by atoms with Crippen LogP contribution in [0.5, 0.6) is 5.75 Å². The van der Waals surface area contributed by atoms with Crippen LogP contribution in [0.2, 0.25) is 0 Å². The van der Waals surface area contributed by atoms with E-state index in [0.29, 0.717) is 11.3 Å². The number of likely N-dealkylation sites (tertiary alicyclic amines) is 1. The van der Waals surface area contributed by atoms with Gasteiger partial charge in [-0.05, 0) is 36.2 Å². The fourth-order valence-corrected chi connectivity index (χ4v) is 3.75. The molecule has 31 heavy (non-hydrogen) atoms. The fraction of sp³-hybridized carbons (Fsp3) is 0.160. The molecule has 6 heteroatoms. The lowest BCUT2D eigenvalue weighted by Gasteiger charge is -2.25. The molecule has 2 aromatic carbocycles. The quantitative estimate of drug-likeness (QED) is 0.388. The number of aliphatic hydroxyl groups is 1. The van der Waals surface area contributed by atoms with Gasteiger partial charge in [-0.2, -0.15) is 0 Å². The van der Waals surface area contributed by atoms with Gasteiger partial charge in [0.1, 0.15) is 11.5 Å². The highest BCUT2D eigenvalue weighted by Crippen LogP contribution is 2.40. The number of benzene rings is 2. The van der Waals surface area contributed by atoms with Gasteiger partial charge in [-0.25, -0.2) is 0 Å². The number of pyridine rings is 1. The molecular weight excluding hydrogens is 392 g/mol. The van der Waals surface area contributed by atoms with E-state index in [0.717, 1.165) is 16.7 Å². The van der Waals surface area contributed by atoms with Crippen LogP contribution < -0.4 is 4.74 Å². The number of methoxy groups -OCH3 is 1. The average Bonchev–Trinajstić information content (AvgIpc) is 3.05. The molecule has 1 unspecified atom stereocenters. The number of aryl methyl sites for hydroxylation is 1. The van der Waals surface area contributed by atoms with Gasteiger partial charge in [-0.1, -0.05) is 48.0 Å². The summed E-state index contributed by atoms with van der Waals surface area (Å²) in [5, 5.41) is 11.1. The van der Waals surface area contributed by atoms with E-state index in [4.69, 9.17) is 4.74 Å². The summed E-state index contributed by atoms with van der Waals surface area (Å²) in [6, 6.07) is 17.3. The van der Waals surface area contributed by atoms with Gasteiger partial charge in [-0.3, -0.25) is 14.6 Å². The van der Waals surface area contributed by atoms with Gasteiger partial charge in [0.2, 0.25) is 0 Å². The molecule has 1 aliphatic heterocycles. The molecule has 0 spiro atoms. The zero-order chi connectivity index (χ0) is 22.0. The topological polar surface area (TPSA) is 79.7 Å². The molecule has 0 aliphatic carbocycles. The second-order valence-electron chi connectivity index (χ2n) is 7.43. The van der Waals surface area contributed by atoms with Gasteiger partial charge in [-0.15, -0.1) is 0 Å². The molecule has 6 nitrogen and oxygen atoms in total. The Hall–Kier alpha value is -3.93. The van der Waals surface area contributed by atoms with Crippen LogP contribution in [0.25, 0.3) is 5.76 Å². The minimum absolute atomic E-state index is 0.0611. The number of ketones is 1. The lowest BCUT2D eigenvalue weighted by Crippen LogP contribution is -2.29. The molecule has 2 heterocycles. The number of carbonyl (C=O) groups excluding carboxylic acids is 2.